The van der Waals surface area contributed by atoms with Gasteiger partial charge in [-0.25, -0.2) is 9.37 Å². The summed E-state index contributed by atoms with van der Waals surface area (Å²) < 4.78 is 20.7. The number of carbonyl (C=O) groups excluding carboxylic acids is 3. The maximum absolute atomic E-state index is 14.9. The summed E-state index contributed by atoms with van der Waals surface area (Å²) in [7, 11) is 0. The molecule has 354 valence electrons. The molecule has 3 unspecified atom stereocenters. The van der Waals surface area contributed by atoms with Gasteiger partial charge in [-0.2, -0.15) is 0 Å². The number of nitrogens with one attached hydrogen (secondary N) is 3. The topological polar surface area (TPSA) is 176 Å². The Morgan fingerprint density at radius 3 is 2.18 bits per heavy atom. The number of aromatic nitrogens is 1. The highest BCUT2D eigenvalue weighted by Gasteiger charge is 2.33. The fourth-order valence-corrected chi connectivity index (χ4v) is 7.76. The molecule has 3 atom stereocenters. The standard InChI is InChI=1S/C39H60FN5O6S.C5H11N.2C2H6/c1-9-11-13-14-18-45(36(48)15-12-10-2)33(25(3)4)21-34(51-27(6)46)37-44-32(24-52-37)26(5)42-29(22-39(7,8)38(49)50)19-28-16-17-31(30(40)20-28)43-35(47)23-41;1-2-4-6-5-3-1;2*1-2/h16-17,20,24-25,29,33-34,42H,5,9-15,18-19,21-23,41H2,1-4,6-8H3,(H,43,47)(H,49,50);6H,1-5H2;2*1-2H3. The Hall–Kier alpha value is -3.88. The molecular formula is C48H83FN6O6S. The average Bonchev–Trinajstić information content (AvgIpc) is 3.75. The van der Waals surface area contributed by atoms with Crippen LogP contribution < -0.4 is 21.7 Å². The van der Waals surface area contributed by atoms with Gasteiger partial charge in [-0.1, -0.05) is 100 Å². The lowest BCUT2D eigenvalue weighted by molar-refractivity contribution is -0.149. The zero-order chi connectivity index (χ0) is 47.3. The molecule has 12 nitrogen and oxygen atoms in total. The number of anilines is 1. The van der Waals surface area contributed by atoms with Gasteiger partial charge in [0.25, 0.3) is 0 Å². The van der Waals surface area contributed by atoms with Gasteiger partial charge in [0.2, 0.25) is 11.8 Å². The molecule has 3 rings (SSSR count). The summed E-state index contributed by atoms with van der Waals surface area (Å²) in [5.74, 6) is -2.39. The molecule has 1 aliphatic rings. The van der Waals surface area contributed by atoms with E-state index >= 15 is 0 Å². The number of carboxylic acids is 1. The van der Waals surface area contributed by atoms with Crippen molar-refractivity contribution in [3.8, 4) is 0 Å². The Labute approximate surface area is 377 Å². The number of aliphatic carboxylic acids is 1. The van der Waals surface area contributed by atoms with Crippen LogP contribution in [0.4, 0.5) is 10.1 Å². The van der Waals surface area contributed by atoms with Gasteiger partial charge in [-0.3, -0.25) is 19.2 Å². The number of nitrogens with two attached hydrogens (primary N) is 1. The highest BCUT2D eigenvalue weighted by molar-refractivity contribution is 7.09. The van der Waals surface area contributed by atoms with Crippen molar-refractivity contribution in [1.29, 1.82) is 0 Å². The maximum Gasteiger partial charge on any atom is 0.309 e. The van der Waals surface area contributed by atoms with Crippen LogP contribution in [0.2, 0.25) is 0 Å². The van der Waals surface area contributed by atoms with Gasteiger partial charge in [-0.15, -0.1) is 11.3 Å². The molecule has 1 aliphatic heterocycles. The van der Waals surface area contributed by atoms with E-state index in [1.807, 2.05) is 32.6 Å². The summed E-state index contributed by atoms with van der Waals surface area (Å²) in [6.45, 7) is 28.0. The molecular weight excluding hydrogens is 808 g/mol. The zero-order valence-electron chi connectivity index (χ0n) is 40.1. The van der Waals surface area contributed by atoms with Gasteiger partial charge in [0.1, 0.15) is 10.8 Å². The van der Waals surface area contributed by atoms with Gasteiger partial charge in [-0.05, 0) is 89.1 Å². The Balaban J connectivity index is 0.00000332. The van der Waals surface area contributed by atoms with Crippen molar-refractivity contribution in [2.75, 3.05) is 31.5 Å². The van der Waals surface area contributed by atoms with Crippen LogP contribution in [0.1, 0.15) is 176 Å². The van der Waals surface area contributed by atoms with E-state index in [0.29, 0.717) is 41.3 Å². The molecule has 1 aromatic carbocycles. The first-order chi connectivity index (χ1) is 29.5. The number of esters is 1. The van der Waals surface area contributed by atoms with E-state index in [-0.39, 0.29) is 42.9 Å². The molecule has 14 heteroatoms. The van der Waals surface area contributed by atoms with E-state index in [2.05, 4.69) is 50.2 Å². The molecule has 0 bridgehead atoms. The van der Waals surface area contributed by atoms with Crippen molar-refractivity contribution < 1.29 is 33.4 Å². The number of unbranched alkanes of at least 4 members (excludes halogenated alkanes) is 4. The largest absolute Gasteiger partial charge is 0.481 e. The van der Waals surface area contributed by atoms with Crippen molar-refractivity contribution in [3.05, 3.63) is 52.2 Å². The minimum absolute atomic E-state index is 0.000895. The lowest BCUT2D eigenvalue weighted by Crippen LogP contribution is -2.45. The predicted molar refractivity (Wildman–Crippen MR) is 254 cm³/mol. The van der Waals surface area contributed by atoms with E-state index in [9.17, 15) is 28.7 Å². The Morgan fingerprint density at radius 2 is 1.68 bits per heavy atom. The number of hydrogen-bond donors (Lipinski definition) is 5. The molecule has 62 heavy (non-hydrogen) atoms. The van der Waals surface area contributed by atoms with Crippen molar-refractivity contribution >= 4 is 46.5 Å². The number of hydrogen-bond acceptors (Lipinski definition) is 10. The molecule has 2 amide bonds. The number of ether oxygens (including phenoxy) is 1. The van der Waals surface area contributed by atoms with Gasteiger partial charge >= 0.3 is 11.9 Å². The number of piperidine rings is 1. The van der Waals surface area contributed by atoms with Crippen LogP contribution in [0.5, 0.6) is 0 Å². The quantitative estimate of drug-likeness (QED) is 0.0504. The highest BCUT2D eigenvalue weighted by Crippen LogP contribution is 2.33. The van der Waals surface area contributed by atoms with Crippen LogP contribution in [0.25, 0.3) is 5.70 Å². The molecule has 2 aromatic rings. The van der Waals surface area contributed by atoms with Gasteiger partial charge in [0.15, 0.2) is 6.10 Å². The number of amides is 2. The minimum Gasteiger partial charge on any atom is -0.481 e. The van der Waals surface area contributed by atoms with Crippen molar-refractivity contribution in [1.82, 2.24) is 20.5 Å². The maximum atomic E-state index is 14.9. The molecule has 6 N–H and O–H groups in total. The number of nitrogens with zero attached hydrogens (tertiary/aromatic N) is 2. The number of carboxylic acid groups (broad SMARTS) is 1. The Morgan fingerprint density at radius 1 is 1.03 bits per heavy atom. The third kappa shape index (κ3) is 22.5. The number of benzene rings is 1. The Kier molecular flexibility index (Phi) is 30.7. The lowest BCUT2D eigenvalue weighted by Gasteiger charge is -2.36. The first-order valence-electron chi connectivity index (χ1n) is 23.1. The molecule has 1 saturated heterocycles. The monoisotopic (exact) mass is 891 g/mol. The summed E-state index contributed by atoms with van der Waals surface area (Å²) in [5, 5.41) is 21.3. The van der Waals surface area contributed by atoms with Crippen LogP contribution in [0.15, 0.2) is 30.2 Å². The summed E-state index contributed by atoms with van der Waals surface area (Å²) in [6, 6.07) is 3.74. The Bertz CT molecular complexity index is 1590. The normalized spacial score (nSPS) is 13.6. The fourth-order valence-electron chi connectivity index (χ4n) is 6.88. The average molecular weight is 891 g/mol. The van der Waals surface area contributed by atoms with Crippen LogP contribution in [-0.2, 0) is 30.3 Å². The smallest absolute Gasteiger partial charge is 0.309 e. The van der Waals surface area contributed by atoms with Gasteiger partial charge in [0, 0.05) is 43.8 Å². The molecule has 0 saturated carbocycles. The number of thiazole rings is 1. The van der Waals surface area contributed by atoms with Crippen LogP contribution in [0, 0.1) is 17.2 Å². The summed E-state index contributed by atoms with van der Waals surface area (Å²) >= 11 is 1.32. The molecule has 0 aliphatic carbocycles. The van der Waals surface area contributed by atoms with Gasteiger partial charge < -0.3 is 36.4 Å². The van der Waals surface area contributed by atoms with Crippen LogP contribution >= 0.6 is 11.3 Å². The second-order valence-corrected chi connectivity index (χ2v) is 17.2. The van der Waals surface area contributed by atoms with E-state index in [4.69, 9.17) is 15.5 Å². The second-order valence-electron chi connectivity index (χ2n) is 16.3. The third-order valence-electron chi connectivity index (χ3n) is 10.3. The van der Waals surface area contributed by atoms with Crippen LogP contribution in [-0.4, -0.2) is 77.0 Å². The van der Waals surface area contributed by atoms with Crippen molar-refractivity contribution in [3.63, 3.8) is 0 Å². The van der Waals surface area contributed by atoms with E-state index < -0.39 is 41.2 Å². The number of halogens is 1. The SMILES string of the molecule is C1CCNCC1.C=C(NC(Cc1ccc(NC(=O)CN)c(F)c1)CC(C)(C)C(=O)O)c1csc(C(CC(C(C)C)N(CCCCCC)C(=O)CCCC)OC(C)=O)n1.CC.CC. The third-order valence-corrected chi connectivity index (χ3v) is 11.2. The highest BCUT2D eigenvalue weighted by atomic mass is 32.1. The molecule has 0 radical (unpaired) electrons. The number of rotatable bonds is 24. The summed E-state index contributed by atoms with van der Waals surface area (Å²) in [6.07, 6.45) is 10.7. The summed E-state index contributed by atoms with van der Waals surface area (Å²) in [4.78, 5) is 56.5. The molecule has 0 spiro atoms. The van der Waals surface area contributed by atoms with E-state index in [0.717, 1.165) is 38.5 Å². The second kappa shape index (κ2) is 32.7. The van der Waals surface area contributed by atoms with E-state index in [1.165, 1.54) is 62.7 Å². The van der Waals surface area contributed by atoms with Crippen molar-refractivity contribution in [2.24, 2.45) is 17.1 Å². The van der Waals surface area contributed by atoms with E-state index in [1.54, 1.807) is 25.3 Å². The van der Waals surface area contributed by atoms with Crippen LogP contribution in [0.3, 0.4) is 0 Å². The fraction of sp³-hybridized carbons (Fsp3) is 0.688. The lowest BCUT2D eigenvalue weighted by atomic mass is 9.83. The molecule has 1 aromatic heterocycles. The van der Waals surface area contributed by atoms with Gasteiger partial charge in [0.05, 0.1) is 29.0 Å². The number of carbonyl (C=O) groups is 4. The molecule has 2 heterocycles. The summed E-state index contributed by atoms with van der Waals surface area (Å²) in [5.41, 5.74) is 5.72. The first kappa shape index (κ1) is 58.1. The first-order valence-corrected chi connectivity index (χ1v) is 24.0. The van der Waals surface area contributed by atoms with Crippen molar-refractivity contribution in [2.45, 2.75) is 178 Å². The zero-order valence-corrected chi connectivity index (χ0v) is 40.9. The molecule has 1 fully saturated rings. The predicted octanol–water partition coefficient (Wildman–Crippen LogP) is 10.3. The minimum atomic E-state index is -1.12.